The van der Waals surface area contributed by atoms with Gasteiger partial charge in [0.1, 0.15) is 5.82 Å². The summed E-state index contributed by atoms with van der Waals surface area (Å²) in [6.07, 6.45) is 1.94. The minimum Gasteiger partial charge on any atom is -0.378 e. The lowest BCUT2D eigenvalue weighted by atomic mass is 10.1. The molecule has 2 fully saturated rings. The second kappa shape index (κ2) is 4.63. The average Bonchev–Trinajstić information content (AvgIpc) is 2.39. The average molecular weight is 233 g/mol. The van der Waals surface area contributed by atoms with E-state index in [0.29, 0.717) is 6.04 Å². The highest BCUT2D eigenvalue weighted by Gasteiger charge is 2.29. The van der Waals surface area contributed by atoms with E-state index in [9.17, 15) is 0 Å². The zero-order valence-corrected chi connectivity index (χ0v) is 10.3. The summed E-state index contributed by atoms with van der Waals surface area (Å²) >= 11 is 0. The fraction of sp³-hybridized carbons (Fsp3) is 0.615. The van der Waals surface area contributed by atoms with Gasteiger partial charge in [0.05, 0.1) is 19.3 Å². The van der Waals surface area contributed by atoms with Crippen LogP contribution in [0.5, 0.6) is 0 Å². The summed E-state index contributed by atoms with van der Waals surface area (Å²) < 4.78 is 5.55. The van der Waals surface area contributed by atoms with Gasteiger partial charge < -0.3 is 9.64 Å². The molecule has 92 valence electrons. The van der Waals surface area contributed by atoms with Gasteiger partial charge in [-0.2, -0.15) is 0 Å². The van der Waals surface area contributed by atoms with Crippen molar-refractivity contribution in [1.82, 2.24) is 9.88 Å². The minimum atomic E-state index is 0.542. The van der Waals surface area contributed by atoms with Crippen LogP contribution in [0.4, 0.5) is 5.82 Å². The van der Waals surface area contributed by atoms with E-state index >= 15 is 0 Å². The summed E-state index contributed by atoms with van der Waals surface area (Å²) in [5.74, 6) is 1.10. The van der Waals surface area contributed by atoms with Crippen molar-refractivity contribution in [2.75, 3.05) is 44.3 Å². The lowest BCUT2D eigenvalue weighted by Crippen LogP contribution is -2.58. The molecule has 1 aromatic heterocycles. The van der Waals surface area contributed by atoms with Crippen LogP contribution >= 0.6 is 0 Å². The number of rotatable bonds is 1. The fourth-order valence-corrected chi connectivity index (χ4v) is 2.60. The Kier molecular flexibility index (Phi) is 2.99. The first-order valence-electron chi connectivity index (χ1n) is 6.32. The summed E-state index contributed by atoms with van der Waals surface area (Å²) in [4.78, 5) is 9.41. The number of pyridine rings is 1. The summed E-state index contributed by atoms with van der Waals surface area (Å²) in [5.41, 5.74) is 1.22. The highest BCUT2D eigenvalue weighted by atomic mass is 16.5. The van der Waals surface area contributed by atoms with Gasteiger partial charge in [-0.05, 0) is 18.6 Å². The maximum Gasteiger partial charge on any atom is 0.128 e. The van der Waals surface area contributed by atoms with E-state index in [2.05, 4.69) is 33.8 Å². The van der Waals surface area contributed by atoms with Crippen LogP contribution in [0.25, 0.3) is 0 Å². The Hall–Kier alpha value is -1.13. The molecule has 1 unspecified atom stereocenters. The second-order valence-corrected chi connectivity index (χ2v) is 4.90. The van der Waals surface area contributed by atoms with Crippen molar-refractivity contribution < 1.29 is 4.74 Å². The molecule has 3 heterocycles. The van der Waals surface area contributed by atoms with Crippen molar-refractivity contribution in [2.45, 2.75) is 13.0 Å². The predicted octanol–water partition coefficient (Wildman–Crippen LogP) is 0.911. The molecule has 3 rings (SSSR count). The lowest BCUT2D eigenvalue weighted by Gasteiger charge is -2.44. The molecule has 1 aromatic rings. The van der Waals surface area contributed by atoms with Crippen LogP contribution in [-0.4, -0.2) is 55.3 Å². The minimum absolute atomic E-state index is 0.542. The van der Waals surface area contributed by atoms with Gasteiger partial charge in [0.2, 0.25) is 0 Å². The van der Waals surface area contributed by atoms with Crippen molar-refractivity contribution >= 4 is 5.82 Å². The Labute approximate surface area is 102 Å². The molecule has 0 spiro atoms. The number of hydrogen-bond acceptors (Lipinski definition) is 4. The Morgan fingerprint density at radius 3 is 3.06 bits per heavy atom. The van der Waals surface area contributed by atoms with Crippen molar-refractivity contribution in [2.24, 2.45) is 0 Å². The summed E-state index contributed by atoms with van der Waals surface area (Å²) in [7, 11) is 0. The first-order valence-corrected chi connectivity index (χ1v) is 6.32. The van der Waals surface area contributed by atoms with Gasteiger partial charge in [0.25, 0.3) is 0 Å². The van der Waals surface area contributed by atoms with Crippen molar-refractivity contribution in [3.63, 3.8) is 0 Å². The van der Waals surface area contributed by atoms with Crippen LogP contribution in [0.15, 0.2) is 18.3 Å². The maximum atomic E-state index is 5.55. The normalized spacial score (nSPS) is 25.7. The van der Waals surface area contributed by atoms with Crippen molar-refractivity contribution in [3.8, 4) is 0 Å². The molecule has 0 saturated carbocycles. The maximum absolute atomic E-state index is 5.55. The number of hydrogen-bond donors (Lipinski definition) is 0. The van der Waals surface area contributed by atoms with Crippen LogP contribution in [0.3, 0.4) is 0 Å². The van der Waals surface area contributed by atoms with E-state index in [-0.39, 0.29) is 0 Å². The molecule has 17 heavy (non-hydrogen) atoms. The number of ether oxygens (including phenoxy) is 1. The molecular weight excluding hydrogens is 214 g/mol. The zero-order chi connectivity index (χ0) is 11.7. The first kappa shape index (κ1) is 11.0. The molecule has 0 bridgehead atoms. The molecule has 0 amide bonds. The SMILES string of the molecule is Cc1ccc(N2CCN3CCOCC3C2)nc1. The number of nitrogens with zero attached hydrogens (tertiary/aromatic N) is 3. The Bertz CT molecular complexity index is 379. The molecule has 0 aliphatic carbocycles. The number of aromatic nitrogens is 1. The molecule has 4 heteroatoms. The number of aryl methyl sites for hydroxylation is 1. The van der Waals surface area contributed by atoms with Gasteiger partial charge >= 0.3 is 0 Å². The number of morpholine rings is 1. The summed E-state index contributed by atoms with van der Waals surface area (Å²) in [5, 5.41) is 0. The number of piperazine rings is 1. The standard InChI is InChI=1S/C13H19N3O/c1-11-2-3-13(14-8-11)16-5-4-15-6-7-17-10-12(15)9-16/h2-3,8,12H,4-7,9-10H2,1H3. The number of fused-ring (bicyclic) bond motifs is 1. The largest absolute Gasteiger partial charge is 0.378 e. The highest BCUT2D eigenvalue weighted by molar-refractivity contribution is 5.40. The number of anilines is 1. The fourth-order valence-electron chi connectivity index (χ4n) is 2.60. The summed E-state index contributed by atoms with van der Waals surface area (Å²) in [6, 6.07) is 4.79. The molecule has 2 saturated heterocycles. The molecule has 2 aliphatic rings. The van der Waals surface area contributed by atoms with Gasteiger partial charge in [0.15, 0.2) is 0 Å². The van der Waals surface area contributed by atoms with Gasteiger partial charge in [-0.1, -0.05) is 6.07 Å². The highest BCUT2D eigenvalue weighted by Crippen LogP contribution is 2.19. The molecule has 0 N–H and O–H groups in total. The summed E-state index contributed by atoms with van der Waals surface area (Å²) in [6.45, 7) is 8.15. The molecule has 0 radical (unpaired) electrons. The smallest absolute Gasteiger partial charge is 0.128 e. The van der Waals surface area contributed by atoms with E-state index in [1.54, 1.807) is 0 Å². The molecule has 4 nitrogen and oxygen atoms in total. The van der Waals surface area contributed by atoms with E-state index in [4.69, 9.17) is 4.74 Å². The van der Waals surface area contributed by atoms with Crippen LogP contribution < -0.4 is 4.90 Å². The Balaban J connectivity index is 1.71. The quantitative estimate of drug-likeness (QED) is 0.721. The third kappa shape index (κ3) is 2.28. The molecular formula is C13H19N3O. The topological polar surface area (TPSA) is 28.6 Å². The van der Waals surface area contributed by atoms with Gasteiger partial charge in [-0.15, -0.1) is 0 Å². The molecule has 0 aromatic carbocycles. The van der Waals surface area contributed by atoms with E-state index in [0.717, 1.165) is 45.2 Å². The zero-order valence-electron chi connectivity index (χ0n) is 10.3. The van der Waals surface area contributed by atoms with Crippen molar-refractivity contribution in [3.05, 3.63) is 23.9 Å². The first-order chi connectivity index (χ1) is 8.33. The van der Waals surface area contributed by atoms with E-state index in [1.807, 2.05) is 6.20 Å². The second-order valence-electron chi connectivity index (χ2n) is 4.90. The lowest BCUT2D eigenvalue weighted by molar-refractivity contribution is -0.0117. The molecule has 2 aliphatic heterocycles. The Morgan fingerprint density at radius 1 is 1.29 bits per heavy atom. The van der Waals surface area contributed by atoms with Crippen LogP contribution in [0, 0.1) is 6.92 Å². The predicted molar refractivity (Wildman–Crippen MR) is 67.4 cm³/mol. The Morgan fingerprint density at radius 2 is 2.24 bits per heavy atom. The third-order valence-electron chi connectivity index (χ3n) is 3.66. The monoisotopic (exact) mass is 233 g/mol. The van der Waals surface area contributed by atoms with Gasteiger partial charge in [-0.25, -0.2) is 4.98 Å². The van der Waals surface area contributed by atoms with E-state index in [1.165, 1.54) is 5.56 Å². The van der Waals surface area contributed by atoms with E-state index < -0.39 is 0 Å². The van der Waals surface area contributed by atoms with Gasteiger partial charge in [-0.3, -0.25) is 4.90 Å². The van der Waals surface area contributed by atoms with Gasteiger partial charge in [0, 0.05) is 32.4 Å². The van der Waals surface area contributed by atoms with Crippen LogP contribution in [-0.2, 0) is 4.74 Å². The van der Waals surface area contributed by atoms with Crippen molar-refractivity contribution in [1.29, 1.82) is 0 Å². The van der Waals surface area contributed by atoms with Crippen LogP contribution in [0.1, 0.15) is 5.56 Å². The molecule has 1 atom stereocenters. The van der Waals surface area contributed by atoms with Crippen LogP contribution in [0.2, 0.25) is 0 Å². The third-order valence-corrected chi connectivity index (χ3v) is 3.66.